The highest BCUT2D eigenvalue weighted by Gasteiger charge is 2.06. The van der Waals surface area contributed by atoms with E-state index in [0.29, 0.717) is 19.0 Å². The van der Waals surface area contributed by atoms with Crippen LogP contribution in [0.4, 0.5) is 4.39 Å². The standard InChI is InChI=1S/C10H12FNO2S/c1-13-4-5-14-7-2-3-8(10(12)15)9(11)6-7/h2-3,6H,4-5H2,1H3,(H2,12,15). The normalized spacial score (nSPS) is 10.0. The van der Waals surface area contributed by atoms with Crippen LogP contribution in [0, 0.1) is 5.82 Å². The van der Waals surface area contributed by atoms with Gasteiger partial charge in [-0.1, -0.05) is 12.2 Å². The van der Waals surface area contributed by atoms with Crippen molar-refractivity contribution in [2.45, 2.75) is 0 Å². The Hall–Kier alpha value is -1.20. The van der Waals surface area contributed by atoms with Gasteiger partial charge in [0.25, 0.3) is 0 Å². The van der Waals surface area contributed by atoms with Crippen LogP contribution in [-0.2, 0) is 4.74 Å². The number of hydrogen-bond donors (Lipinski definition) is 1. The molecule has 0 aliphatic carbocycles. The third-order valence-corrected chi connectivity index (χ3v) is 1.98. The van der Waals surface area contributed by atoms with Crippen molar-refractivity contribution >= 4 is 17.2 Å². The predicted molar refractivity (Wildman–Crippen MR) is 59.7 cm³/mol. The molecule has 0 spiro atoms. The second-order valence-electron chi connectivity index (χ2n) is 2.85. The largest absolute Gasteiger partial charge is 0.491 e. The topological polar surface area (TPSA) is 44.5 Å². The van der Waals surface area contributed by atoms with Crippen LogP contribution in [0.1, 0.15) is 5.56 Å². The molecule has 0 aromatic heterocycles. The Morgan fingerprint density at radius 2 is 2.20 bits per heavy atom. The van der Waals surface area contributed by atoms with Gasteiger partial charge in [0.1, 0.15) is 23.2 Å². The molecule has 0 atom stereocenters. The van der Waals surface area contributed by atoms with Gasteiger partial charge in [-0.2, -0.15) is 0 Å². The monoisotopic (exact) mass is 229 g/mol. The van der Waals surface area contributed by atoms with Crippen LogP contribution in [0.3, 0.4) is 0 Å². The lowest BCUT2D eigenvalue weighted by molar-refractivity contribution is 0.146. The van der Waals surface area contributed by atoms with E-state index in [1.54, 1.807) is 13.2 Å². The predicted octanol–water partition coefficient (Wildman–Crippen LogP) is 1.49. The van der Waals surface area contributed by atoms with Gasteiger partial charge in [0.15, 0.2) is 0 Å². The summed E-state index contributed by atoms with van der Waals surface area (Å²) in [6.45, 7) is 0.834. The van der Waals surface area contributed by atoms with Crippen LogP contribution in [0.25, 0.3) is 0 Å². The summed E-state index contributed by atoms with van der Waals surface area (Å²) in [6, 6.07) is 4.37. The van der Waals surface area contributed by atoms with Gasteiger partial charge in [0.05, 0.1) is 6.61 Å². The summed E-state index contributed by atoms with van der Waals surface area (Å²) in [7, 11) is 1.57. The number of halogens is 1. The Labute approximate surface area is 93.0 Å². The molecule has 0 heterocycles. The van der Waals surface area contributed by atoms with Crippen LogP contribution < -0.4 is 10.5 Å². The second kappa shape index (κ2) is 5.63. The quantitative estimate of drug-likeness (QED) is 0.613. The van der Waals surface area contributed by atoms with Crippen molar-refractivity contribution in [2.24, 2.45) is 5.73 Å². The van der Waals surface area contributed by atoms with E-state index in [4.69, 9.17) is 15.2 Å². The third-order valence-electron chi connectivity index (χ3n) is 1.76. The lowest BCUT2D eigenvalue weighted by Gasteiger charge is -2.07. The summed E-state index contributed by atoms with van der Waals surface area (Å²) >= 11 is 4.68. The molecule has 0 radical (unpaired) electrons. The first kappa shape index (κ1) is 11.9. The van der Waals surface area contributed by atoms with Crippen LogP contribution in [0.5, 0.6) is 5.75 Å². The van der Waals surface area contributed by atoms with Crippen molar-refractivity contribution in [1.29, 1.82) is 0 Å². The average Bonchev–Trinajstić information content (AvgIpc) is 2.17. The van der Waals surface area contributed by atoms with Crippen molar-refractivity contribution < 1.29 is 13.9 Å². The van der Waals surface area contributed by atoms with E-state index in [9.17, 15) is 4.39 Å². The van der Waals surface area contributed by atoms with E-state index in [-0.39, 0.29) is 10.6 Å². The van der Waals surface area contributed by atoms with Crippen molar-refractivity contribution in [3.8, 4) is 5.75 Å². The fourth-order valence-electron chi connectivity index (χ4n) is 1.03. The van der Waals surface area contributed by atoms with Crippen LogP contribution in [0.15, 0.2) is 18.2 Å². The number of benzene rings is 1. The van der Waals surface area contributed by atoms with Gasteiger partial charge in [0.2, 0.25) is 0 Å². The summed E-state index contributed by atoms with van der Waals surface area (Å²) in [5.41, 5.74) is 5.54. The number of methoxy groups -OCH3 is 1. The fraction of sp³-hybridized carbons (Fsp3) is 0.300. The van der Waals surface area contributed by atoms with Gasteiger partial charge in [-0.25, -0.2) is 4.39 Å². The number of ether oxygens (including phenoxy) is 2. The maximum Gasteiger partial charge on any atom is 0.137 e. The van der Waals surface area contributed by atoms with E-state index >= 15 is 0 Å². The molecule has 1 aromatic carbocycles. The van der Waals surface area contributed by atoms with Gasteiger partial charge in [-0.3, -0.25) is 0 Å². The molecule has 0 aliphatic heterocycles. The molecule has 0 amide bonds. The van der Waals surface area contributed by atoms with Crippen molar-refractivity contribution in [3.63, 3.8) is 0 Å². The number of hydrogen-bond acceptors (Lipinski definition) is 3. The summed E-state index contributed by atoms with van der Waals surface area (Å²) in [4.78, 5) is 0.0379. The molecule has 0 unspecified atom stereocenters. The number of thiocarbonyl (C=S) groups is 1. The van der Waals surface area contributed by atoms with Crippen molar-refractivity contribution in [1.82, 2.24) is 0 Å². The minimum atomic E-state index is -0.475. The molecule has 0 bridgehead atoms. The molecule has 0 fully saturated rings. The molecule has 5 heteroatoms. The summed E-state index contributed by atoms with van der Waals surface area (Å²) < 4.78 is 23.3. The Balaban J connectivity index is 2.69. The number of rotatable bonds is 5. The molecule has 0 saturated carbocycles. The molecule has 1 rings (SSSR count). The third kappa shape index (κ3) is 3.45. The van der Waals surface area contributed by atoms with E-state index < -0.39 is 5.82 Å². The zero-order valence-electron chi connectivity index (χ0n) is 8.33. The highest BCUT2D eigenvalue weighted by Crippen LogP contribution is 2.16. The van der Waals surface area contributed by atoms with Crippen LogP contribution in [0.2, 0.25) is 0 Å². The van der Waals surface area contributed by atoms with E-state index in [0.717, 1.165) is 0 Å². The summed E-state index contributed by atoms with van der Waals surface area (Å²) in [5.74, 6) is -0.0398. The lowest BCUT2D eigenvalue weighted by Crippen LogP contribution is -2.12. The maximum atomic E-state index is 13.3. The lowest BCUT2D eigenvalue weighted by atomic mass is 10.2. The second-order valence-corrected chi connectivity index (χ2v) is 3.29. The zero-order valence-corrected chi connectivity index (χ0v) is 9.14. The highest BCUT2D eigenvalue weighted by atomic mass is 32.1. The molecular formula is C10H12FNO2S. The molecular weight excluding hydrogens is 217 g/mol. The Kier molecular flexibility index (Phi) is 4.45. The Bertz CT molecular complexity index is 357. The van der Waals surface area contributed by atoms with Gasteiger partial charge < -0.3 is 15.2 Å². The average molecular weight is 229 g/mol. The van der Waals surface area contributed by atoms with Gasteiger partial charge in [-0.05, 0) is 12.1 Å². The molecule has 3 nitrogen and oxygen atoms in total. The molecule has 2 N–H and O–H groups in total. The highest BCUT2D eigenvalue weighted by molar-refractivity contribution is 7.80. The van der Waals surface area contributed by atoms with Crippen molar-refractivity contribution in [3.05, 3.63) is 29.6 Å². The summed E-state index contributed by atoms with van der Waals surface area (Å²) in [6.07, 6.45) is 0. The minimum Gasteiger partial charge on any atom is -0.491 e. The maximum absolute atomic E-state index is 13.3. The minimum absolute atomic E-state index is 0.0379. The molecule has 0 saturated heterocycles. The van der Waals surface area contributed by atoms with Crippen LogP contribution >= 0.6 is 12.2 Å². The zero-order chi connectivity index (χ0) is 11.3. The summed E-state index contributed by atoms with van der Waals surface area (Å²) in [5, 5.41) is 0. The Morgan fingerprint density at radius 3 is 2.73 bits per heavy atom. The van der Waals surface area contributed by atoms with Crippen LogP contribution in [-0.4, -0.2) is 25.3 Å². The van der Waals surface area contributed by atoms with E-state index in [2.05, 4.69) is 12.2 Å². The molecule has 0 aliphatic rings. The number of nitrogens with two attached hydrogens (primary N) is 1. The van der Waals surface area contributed by atoms with Gasteiger partial charge in [0, 0.05) is 18.7 Å². The van der Waals surface area contributed by atoms with Crippen molar-refractivity contribution in [2.75, 3.05) is 20.3 Å². The van der Waals surface area contributed by atoms with E-state index in [1.807, 2.05) is 0 Å². The van der Waals surface area contributed by atoms with Gasteiger partial charge in [-0.15, -0.1) is 0 Å². The molecule has 1 aromatic rings. The first-order chi connectivity index (χ1) is 7.15. The molecule has 15 heavy (non-hydrogen) atoms. The smallest absolute Gasteiger partial charge is 0.137 e. The molecule has 82 valence electrons. The Morgan fingerprint density at radius 1 is 1.47 bits per heavy atom. The van der Waals surface area contributed by atoms with Gasteiger partial charge >= 0.3 is 0 Å². The SMILES string of the molecule is COCCOc1ccc(C(N)=S)c(F)c1. The fourth-order valence-corrected chi connectivity index (χ4v) is 1.19. The van der Waals surface area contributed by atoms with E-state index in [1.165, 1.54) is 12.1 Å². The first-order valence-electron chi connectivity index (χ1n) is 4.36. The first-order valence-corrected chi connectivity index (χ1v) is 4.77.